The summed E-state index contributed by atoms with van der Waals surface area (Å²) in [4.78, 5) is 4.48. The van der Waals surface area contributed by atoms with Gasteiger partial charge in [-0.1, -0.05) is 18.7 Å². The smallest absolute Gasteiger partial charge is 0.157 e. The Balaban J connectivity index is 2.31. The van der Waals surface area contributed by atoms with Crippen LogP contribution in [0.2, 0.25) is 0 Å². The van der Waals surface area contributed by atoms with Crippen molar-refractivity contribution >= 4 is 27.7 Å². The van der Waals surface area contributed by atoms with Gasteiger partial charge in [-0.25, -0.2) is 0 Å². The van der Waals surface area contributed by atoms with Gasteiger partial charge >= 0.3 is 0 Å². The van der Waals surface area contributed by atoms with Gasteiger partial charge in [0.25, 0.3) is 0 Å². The minimum Gasteiger partial charge on any atom is -0.359 e. The van der Waals surface area contributed by atoms with Crippen LogP contribution >= 0.6 is 11.8 Å². The molecule has 1 saturated heterocycles. The molecule has 0 aromatic carbocycles. The van der Waals surface area contributed by atoms with Crippen LogP contribution in [0, 0.1) is 0 Å². The van der Waals surface area contributed by atoms with Crippen molar-refractivity contribution in [1.29, 1.82) is 0 Å². The minimum absolute atomic E-state index is 0.169. The van der Waals surface area contributed by atoms with E-state index in [1.165, 1.54) is 0 Å². The summed E-state index contributed by atoms with van der Waals surface area (Å²) in [7, 11) is -0.725. The minimum atomic E-state index is -0.725. The van der Waals surface area contributed by atoms with Crippen LogP contribution in [0.15, 0.2) is 4.99 Å². The van der Waals surface area contributed by atoms with E-state index in [0.717, 1.165) is 23.9 Å². The van der Waals surface area contributed by atoms with Crippen LogP contribution in [0.5, 0.6) is 0 Å². The van der Waals surface area contributed by atoms with Crippen molar-refractivity contribution in [2.45, 2.75) is 38.0 Å². The van der Waals surface area contributed by atoms with Gasteiger partial charge in [0.15, 0.2) is 5.17 Å². The highest BCUT2D eigenvalue weighted by molar-refractivity contribution is 8.14. The molecule has 0 aromatic rings. The van der Waals surface area contributed by atoms with Crippen molar-refractivity contribution in [3.63, 3.8) is 0 Å². The Morgan fingerprint density at radius 1 is 1.67 bits per heavy atom. The van der Waals surface area contributed by atoms with Crippen molar-refractivity contribution < 1.29 is 4.21 Å². The quantitative estimate of drug-likeness (QED) is 0.822. The number of nitrogens with one attached hydrogen (secondary N) is 1. The molecular weight excluding hydrogens is 228 g/mol. The molecular formula is C10H20N2OS2. The maximum Gasteiger partial charge on any atom is 0.157 e. The fourth-order valence-electron chi connectivity index (χ4n) is 1.21. The lowest BCUT2D eigenvalue weighted by Gasteiger charge is -2.15. The topological polar surface area (TPSA) is 41.5 Å². The van der Waals surface area contributed by atoms with E-state index in [9.17, 15) is 4.21 Å². The molecule has 0 spiro atoms. The molecule has 5 heteroatoms. The number of amidine groups is 1. The van der Waals surface area contributed by atoms with Crippen LogP contribution in [0.3, 0.4) is 0 Å². The average molecular weight is 248 g/mol. The number of nitrogens with zero attached hydrogens (tertiary/aromatic N) is 1. The third kappa shape index (κ3) is 4.55. The van der Waals surface area contributed by atoms with Gasteiger partial charge in [0.05, 0.1) is 0 Å². The number of hydrogen-bond donors (Lipinski definition) is 1. The van der Waals surface area contributed by atoms with Gasteiger partial charge in [0, 0.05) is 40.1 Å². The molecule has 1 rings (SSSR count). The lowest BCUT2D eigenvalue weighted by molar-refractivity contribution is 0.536. The van der Waals surface area contributed by atoms with Crippen LogP contribution in [0.25, 0.3) is 0 Å². The van der Waals surface area contributed by atoms with Crippen LogP contribution in [0.1, 0.15) is 27.2 Å². The zero-order valence-corrected chi connectivity index (χ0v) is 11.5. The Labute approximate surface area is 99.0 Å². The fourth-order valence-corrected chi connectivity index (χ4v) is 2.75. The van der Waals surface area contributed by atoms with Crippen LogP contribution in [-0.2, 0) is 10.8 Å². The number of thioether (sulfide) groups is 1. The van der Waals surface area contributed by atoms with Gasteiger partial charge < -0.3 is 5.32 Å². The normalized spacial score (nSPS) is 26.3. The Morgan fingerprint density at radius 3 is 2.80 bits per heavy atom. The lowest BCUT2D eigenvalue weighted by Crippen LogP contribution is -2.37. The first-order valence-electron chi connectivity index (χ1n) is 5.18. The average Bonchev–Trinajstić information content (AvgIpc) is 2.45. The molecule has 15 heavy (non-hydrogen) atoms. The van der Waals surface area contributed by atoms with E-state index in [1.807, 2.05) is 6.92 Å². The predicted molar refractivity (Wildman–Crippen MR) is 70.1 cm³/mol. The van der Waals surface area contributed by atoms with Gasteiger partial charge in [0.2, 0.25) is 0 Å². The summed E-state index contributed by atoms with van der Waals surface area (Å²) in [6.45, 7) is 7.13. The van der Waals surface area contributed by atoms with Gasteiger partial charge in [-0.3, -0.25) is 9.20 Å². The molecule has 3 nitrogen and oxygen atoms in total. The summed E-state index contributed by atoms with van der Waals surface area (Å²) < 4.78 is 11.1. The molecule has 1 heterocycles. The molecule has 1 aliphatic rings. The van der Waals surface area contributed by atoms with Crippen LogP contribution < -0.4 is 5.32 Å². The number of aliphatic imine (C=N–C) groups is 1. The van der Waals surface area contributed by atoms with Crippen molar-refractivity contribution in [2.24, 2.45) is 4.99 Å². The second kappa shape index (κ2) is 5.34. The molecule has 2 atom stereocenters. The van der Waals surface area contributed by atoms with Crippen molar-refractivity contribution in [2.75, 3.05) is 18.6 Å². The molecule has 0 amide bonds. The van der Waals surface area contributed by atoms with Crippen LogP contribution in [0.4, 0.5) is 0 Å². The fraction of sp³-hybridized carbons (Fsp3) is 0.900. The molecule has 1 fully saturated rings. The van der Waals surface area contributed by atoms with Gasteiger partial charge in [0.1, 0.15) is 0 Å². The SMILES string of the molecule is CC(CCN=C1NC(C)(C)CS1)S(C)=O. The monoisotopic (exact) mass is 248 g/mol. The molecule has 0 bridgehead atoms. The number of rotatable bonds is 4. The predicted octanol–water partition coefficient (Wildman–Crippen LogP) is 1.61. The second-order valence-corrected chi connectivity index (χ2v) is 7.35. The van der Waals surface area contributed by atoms with E-state index in [1.54, 1.807) is 18.0 Å². The molecule has 88 valence electrons. The van der Waals surface area contributed by atoms with E-state index < -0.39 is 10.8 Å². The summed E-state index contributed by atoms with van der Waals surface area (Å²) in [6, 6.07) is 0. The van der Waals surface area contributed by atoms with E-state index in [4.69, 9.17) is 0 Å². The van der Waals surface area contributed by atoms with E-state index in [-0.39, 0.29) is 10.8 Å². The summed E-state index contributed by atoms with van der Waals surface area (Å²) >= 11 is 1.77. The molecule has 0 radical (unpaired) electrons. The van der Waals surface area contributed by atoms with Crippen molar-refractivity contribution in [3.8, 4) is 0 Å². The maximum absolute atomic E-state index is 11.1. The number of hydrogen-bond acceptors (Lipinski definition) is 3. The van der Waals surface area contributed by atoms with Gasteiger partial charge in [-0.05, 0) is 20.3 Å². The first-order chi connectivity index (χ1) is 6.91. The van der Waals surface area contributed by atoms with Gasteiger partial charge in [-0.15, -0.1) is 0 Å². The molecule has 0 aromatic heterocycles. The Kier molecular flexibility index (Phi) is 4.64. The Morgan fingerprint density at radius 2 is 2.33 bits per heavy atom. The highest BCUT2D eigenvalue weighted by atomic mass is 32.2. The Bertz CT molecular complexity index is 277. The highest BCUT2D eigenvalue weighted by Gasteiger charge is 2.26. The summed E-state index contributed by atoms with van der Waals surface area (Å²) in [5.74, 6) is 1.07. The van der Waals surface area contributed by atoms with E-state index in [2.05, 4.69) is 24.2 Å². The van der Waals surface area contributed by atoms with E-state index in [0.29, 0.717) is 0 Å². The summed E-state index contributed by atoms with van der Waals surface area (Å²) in [6.07, 6.45) is 2.65. The Hall–Kier alpha value is -0.0300. The highest BCUT2D eigenvalue weighted by Crippen LogP contribution is 2.22. The zero-order valence-electron chi connectivity index (χ0n) is 9.87. The molecule has 1 N–H and O–H groups in total. The molecule has 2 unspecified atom stereocenters. The third-order valence-electron chi connectivity index (χ3n) is 2.37. The summed E-state index contributed by atoms with van der Waals surface area (Å²) in [5, 5.41) is 4.65. The molecule has 0 saturated carbocycles. The lowest BCUT2D eigenvalue weighted by atomic mass is 10.1. The molecule has 0 aliphatic carbocycles. The van der Waals surface area contributed by atoms with E-state index >= 15 is 0 Å². The third-order valence-corrected chi connectivity index (χ3v) is 5.11. The largest absolute Gasteiger partial charge is 0.359 e. The van der Waals surface area contributed by atoms with Crippen LogP contribution in [-0.4, -0.2) is 38.7 Å². The zero-order chi connectivity index (χ0) is 11.5. The van der Waals surface area contributed by atoms with Crippen molar-refractivity contribution in [1.82, 2.24) is 5.32 Å². The first-order valence-corrected chi connectivity index (χ1v) is 7.79. The van der Waals surface area contributed by atoms with Gasteiger partial charge in [-0.2, -0.15) is 0 Å². The maximum atomic E-state index is 11.1. The molecule has 1 aliphatic heterocycles. The summed E-state index contributed by atoms with van der Waals surface area (Å²) in [5.41, 5.74) is 0.169. The second-order valence-electron chi connectivity index (χ2n) is 4.58. The first kappa shape index (κ1) is 13.0. The van der Waals surface area contributed by atoms with Crippen molar-refractivity contribution in [3.05, 3.63) is 0 Å². The standard InChI is InChI=1S/C10H20N2OS2/c1-8(15(4)13)5-6-11-9-12-10(2,3)7-14-9/h8H,5-7H2,1-4H3,(H,11,12).